The Morgan fingerprint density at radius 1 is 1.28 bits per heavy atom. The third kappa shape index (κ3) is 3.56. The number of likely N-dealkylation sites (tertiary alicyclic amines) is 1. The van der Waals surface area contributed by atoms with Gasteiger partial charge in [-0.05, 0) is 48.9 Å². The van der Waals surface area contributed by atoms with Crippen LogP contribution in [-0.2, 0) is 4.79 Å². The van der Waals surface area contributed by atoms with Crippen molar-refractivity contribution in [3.05, 3.63) is 51.7 Å². The number of nitrogens with zero attached hydrogens (tertiary/aromatic N) is 1. The second kappa shape index (κ2) is 7.06. The Morgan fingerprint density at radius 3 is 2.76 bits per heavy atom. The number of thiophene rings is 1. The van der Waals surface area contributed by atoms with Gasteiger partial charge in [0.25, 0.3) is 5.91 Å². The number of nitrogens with one attached hydrogen (secondary N) is 1. The zero-order chi connectivity index (χ0) is 18.0. The molecule has 7 heteroatoms. The Morgan fingerprint density at radius 2 is 2.08 bits per heavy atom. The SMILES string of the molecule is Cc1ccc(C(=O)O)cc1NC(=O)[C@H]1CCCN1C(=O)c1cccs1. The van der Waals surface area contributed by atoms with Gasteiger partial charge in [-0.25, -0.2) is 4.79 Å². The van der Waals surface area contributed by atoms with Gasteiger partial charge < -0.3 is 15.3 Å². The van der Waals surface area contributed by atoms with Crippen LogP contribution in [0.3, 0.4) is 0 Å². The topological polar surface area (TPSA) is 86.7 Å². The van der Waals surface area contributed by atoms with Crippen LogP contribution in [-0.4, -0.2) is 40.4 Å². The number of anilines is 1. The minimum atomic E-state index is -1.05. The van der Waals surface area contributed by atoms with Gasteiger partial charge >= 0.3 is 5.97 Å². The van der Waals surface area contributed by atoms with Crippen molar-refractivity contribution in [2.75, 3.05) is 11.9 Å². The highest BCUT2D eigenvalue weighted by Crippen LogP contribution is 2.24. The highest BCUT2D eigenvalue weighted by molar-refractivity contribution is 7.12. The number of hydrogen-bond acceptors (Lipinski definition) is 4. The molecule has 1 aliphatic heterocycles. The number of hydrogen-bond donors (Lipinski definition) is 2. The molecule has 0 radical (unpaired) electrons. The van der Waals surface area contributed by atoms with Crippen LogP contribution in [0.2, 0.25) is 0 Å². The second-order valence-corrected chi connectivity index (χ2v) is 6.91. The number of aryl methyl sites for hydroxylation is 1. The van der Waals surface area contributed by atoms with E-state index in [-0.39, 0.29) is 17.4 Å². The minimum absolute atomic E-state index is 0.110. The largest absolute Gasteiger partial charge is 0.478 e. The summed E-state index contributed by atoms with van der Waals surface area (Å²) >= 11 is 1.36. The van der Waals surface area contributed by atoms with Gasteiger partial charge in [0.2, 0.25) is 5.91 Å². The van der Waals surface area contributed by atoms with Crippen molar-refractivity contribution in [2.45, 2.75) is 25.8 Å². The zero-order valence-corrected chi connectivity index (χ0v) is 14.5. The molecule has 0 spiro atoms. The van der Waals surface area contributed by atoms with Crippen molar-refractivity contribution >= 4 is 34.8 Å². The predicted octanol–water partition coefficient (Wildman–Crippen LogP) is 3.00. The Kier molecular flexibility index (Phi) is 4.85. The third-order valence-corrected chi connectivity index (χ3v) is 5.15. The molecule has 2 heterocycles. The van der Waals surface area contributed by atoms with E-state index in [4.69, 9.17) is 5.11 Å². The van der Waals surface area contributed by atoms with Gasteiger partial charge in [0.05, 0.1) is 10.4 Å². The molecule has 25 heavy (non-hydrogen) atoms. The number of carbonyl (C=O) groups is 3. The third-order valence-electron chi connectivity index (χ3n) is 4.29. The zero-order valence-electron chi connectivity index (χ0n) is 13.7. The number of carboxylic acid groups (broad SMARTS) is 1. The van der Waals surface area contributed by atoms with E-state index in [0.717, 1.165) is 12.0 Å². The normalized spacial score (nSPS) is 16.7. The van der Waals surface area contributed by atoms with E-state index in [9.17, 15) is 14.4 Å². The van der Waals surface area contributed by atoms with Crippen molar-refractivity contribution in [1.82, 2.24) is 4.90 Å². The molecule has 1 atom stereocenters. The van der Waals surface area contributed by atoms with E-state index in [1.54, 1.807) is 24.0 Å². The van der Waals surface area contributed by atoms with Gasteiger partial charge in [-0.3, -0.25) is 9.59 Å². The van der Waals surface area contributed by atoms with E-state index in [2.05, 4.69) is 5.32 Å². The maximum Gasteiger partial charge on any atom is 0.335 e. The fourth-order valence-corrected chi connectivity index (χ4v) is 3.61. The van der Waals surface area contributed by atoms with Crippen LogP contribution < -0.4 is 5.32 Å². The summed E-state index contributed by atoms with van der Waals surface area (Å²) in [6.07, 6.45) is 1.37. The summed E-state index contributed by atoms with van der Waals surface area (Å²) in [6.45, 7) is 2.34. The Hall–Kier alpha value is -2.67. The molecule has 6 nitrogen and oxygen atoms in total. The monoisotopic (exact) mass is 358 g/mol. The van der Waals surface area contributed by atoms with Gasteiger partial charge in [0.15, 0.2) is 0 Å². The number of amides is 2. The van der Waals surface area contributed by atoms with Crippen LogP contribution in [0.25, 0.3) is 0 Å². The van der Waals surface area contributed by atoms with E-state index >= 15 is 0 Å². The van der Waals surface area contributed by atoms with Crippen LogP contribution in [0.4, 0.5) is 5.69 Å². The van der Waals surface area contributed by atoms with Gasteiger partial charge in [-0.1, -0.05) is 12.1 Å². The van der Waals surface area contributed by atoms with Crippen molar-refractivity contribution in [1.29, 1.82) is 0 Å². The molecule has 2 amide bonds. The Bertz CT molecular complexity index is 816. The summed E-state index contributed by atoms with van der Waals surface area (Å²) in [6, 6.07) is 7.61. The average Bonchev–Trinajstić information content (AvgIpc) is 3.27. The number of rotatable bonds is 4. The van der Waals surface area contributed by atoms with Gasteiger partial charge in [-0.15, -0.1) is 11.3 Å². The molecule has 0 saturated carbocycles. The summed E-state index contributed by atoms with van der Waals surface area (Å²) in [7, 11) is 0. The molecule has 1 aromatic heterocycles. The van der Waals surface area contributed by atoms with E-state index in [1.165, 1.54) is 23.5 Å². The van der Waals surface area contributed by atoms with Crippen molar-refractivity contribution in [2.24, 2.45) is 0 Å². The summed E-state index contributed by atoms with van der Waals surface area (Å²) in [4.78, 5) is 38.6. The Labute approximate surface area is 149 Å². The summed E-state index contributed by atoms with van der Waals surface area (Å²) < 4.78 is 0. The molecule has 0 bridgehead atoms. The molecule has 0 unspecified atom stereocenters. The molecule has 2 aromatic rings. The number of carboxylic acids is 1. The lowest BCUT2D eigenvalue weighted by Gasteiger charge is -2.24. The fraction of sp³-hybridized carbons (Fsp3) is 0.278. The van der Waals surface area contributed by atoms with E-state index in [1.807, 2.05) is 11.4 Å². The van der Waals surface area contributed by atoms with Gasteiger partial charge in [0.1, 0.15) is 6.04 Å². The van der Waals surface area contributed by atoms with Crippen molar-refractivity contribution in [3.63, 3.8) is 0 Å². The fourth-order valence-electron chi connectivity index (χ4n) is 2.93. The molecule has 3 rings (SSSR count). The molecule has 1 fully saturated rings. The van der Waals surface area contributed by atoms with E-state index in [0.29, 0.717) is 23.5 Å². The molecular weight excluding hydrogens is 340 g/mol. The predicted molar refractivity (Wildman–Crippen MR) is 95.1 cm³/mol. The lowest BCUT2D eigenvalue weighted by molar-refractivity contribution is -0.119. The van der Waals surface area contributed by atoms with Crippen LogP contribution in [0.5, 0.6) is 0 Å². The summed E-state index contributed by atoms with van der Waals surface area (Å²) in [5.74, 6) is -1.47. The first-order chi connectivity index (χ1) is 12.0. The summed E-state index contributed by atoms with van der Waals surface area (Å²) in [5.41, 5.74) is 1.34. The van der Waals surface area contributed by atoms with E-state index < -0.39 is 12.0 Å². The maximum absolute atomic E-state index is 12.7. The molecule has 2 N–H and O–H groups in total. The lowest BCUT2D eigenvalue weighted by Crippen LogP contribution is -2.43. The molecule has 1 saturated heterocycles. The summed E-state index contributed by atoms with van der Waals surface area (Å²) in [5, 5.41) is 13.7. The number of benzene rings is 1. The smallest absolute Gasteiger partial charge is 0.335 e. The highest BCUT2D eigenvalue weighted by atomic mass is 32.1. The van der Waals surface area contributed by atoms with Crippen LogP contribution in [0, 0.1) is 6.92 Å². The first-order valence-corrected chi connectivity index (χ1v) is 8.84. The maximum atomic E-state index is 12.7. The molecule has 1 aromatic carbocycles. The Balaban J connectivity index is 1.77. The number of carbonyl (C=O) groups excluding carboxylic acids is 2. The lowest BCUT2D eigenvalue weighted by atomic mass is 10.1. The van der Waals surface area contributed by atoms with Gasteiger partial charge in [-0.2, -0.15) is 0 Å². The average molecular weight is 358 g/mol. The van der Waals surface area contributed by atoms with Crippen molar-refractivity contribution in [3.8, 4) is 0 Å². The second-order valence-electron chi connectivity index (χ2n) is 5.96. The standard InChI is InChI=1S/C18H18N2O4S/c1-11-6-7-12(18(23)24)10-13(11)19-16(21)14-4-2-8-20(14)17(22)15-5-3-9-25-15/h3,5-7,9-10,14H,2,4,8H2,1H3,(H,19,21)(H,23,24)/t14-/m1/s1. The highest BCUT2D eigenvalue weighted by Gasteiger charge is 2.35. The molecule has 130 valence electrons. The van der Waals surface area contributed by atoms with Crippen LogP contribution >= 0.6 is 11.3 Å². The first kappa shape index (κ1) is 17.2. The molecule has 0 aliphatic carbocycles. The first-order valence-electron chi connectivity index (χ1n) is 7.96. The van der Waals surface area contributed by atoms with Gasteiger partial charge in [0, 0.05) is 12.2 Å². The molecular formula is C18H18N2O4S. The molecule has 1 aliphatic rings. The number of aromatic carboxylic acids is 1. The van der Waals surface area contributed by atoms with Crippen LogP contribution in [0.1, 0.15) is 38.4 Å². The minimum Gasteiger partial charge on any atom is -0.478 e. The quantitative estimate of drug-likeness (QED) is 0.880. The van der Waals surface area contributed by atoms with Crippen LogP contribution in [0.15, 0.2) is 35.7 Å². The van der Waals surface area contributed by atoms with Crippen molar-refractivity contribution < 1.29 is 19.5 Å².